The van der Waals surface area contributed by atoms with Gasteiger partial charge in [-0.15, -0.1) is 0 Å². The molecule has 0 spiro atoms. The number of hydrogen-bond donors (Lipinski definition) is 0. The Hall–Kier alpha value is 1.45. The minimum absolute atomic E-state index is 0. The molecule has 0 aliphatic carbocycles. The molecule has 0 saturated heterocycles. The molecule has 0 N–H and O–H groups in total. The monoisotopic (exact) mass is 128 g/mol. The van der Waals surface area contributed by atoms with Crippen LogP contribution in [0.15, 0.2) is 0 Å². The van der Waals surface area contributed by atoms with Crippen LogP contribution >= 0.6 is 0 Å². The number of hydrogen-bond acceptors (Lipinski definition) is 2. The van der Waals surface area contributed by atoms with Gasteiger partial charge in [-0.25, -0.2) is 0 Å². The summed E-state index contributed by atoms with van der Waals surface area (Å²) < 4.78 is 9.22. The topological polar surface area (TPSA) is 18.5 Å². The maximum absolute atomic E-state index is 4.64. The van der Waals surface area contributed by atoms with E-state index in [1.165, 1.54) is 0 Å². The van der Waals surface area contributed by atoms with Crippen LogP contribution in [0.1, 0.15) is 2.85 Å². The summed E-state index contributed by atoms with van der Waals surface area (Å²) in [5.74, 6) is 0. The summed E-state index contributed by atoms with van der Waals surface area (Å²) in [5.41, 5.74) is 0. The normalized spacial score (nSPS) is 7.86. The maximum atomic E-state index is 4.64. The van der Waals surface area contributed by atoms with Crippen LogP contribution in [0.25, 0.3) is 0 Å². The van der Waals surface area contributed by atoms with Gasteiger partial charge < -0.3 is 2.85 Å². The van der Waals surface area contributed by atoms with Crippen LogP contribution in [-0.4, -0.2) is 66.5 Å². The molecule has 0 aliphatic rings. The molecule has 0 aliphatic heterocycles. The summed E-state index contributed by atoms with van der Waals surface area (Å²) in [4.78, 5) is 0. The molecule has 0 aromatic rings. The first kappa shape index (κ1) is 11.3. The Balaban J connectivity index is -0.0000000417. The molecule has 0 bridgehead atoms. The Labute approximate surface area is 77.6 Å². The standard InChI is InChI=1S/C3H7O2.Al.Na.3H/c1-5-3-2-4;;;;;/h2-3H2,1H3;;;;;/q-1;+3;;;2*-1. The molecule has 0 atom stereocenters. The van der Waals surface area contributed by atoms with Gasteiger partial charge in [-0.05, 0) is 0 Å². The van der Waals surface area contributed by atoms with Crippen molar-refractivity contribution in [3.63, 3.8) is 0 Å². The SMILES string of the molecule is COCC[O][Al+2].[H-].[H-].[NaH]. The molecule has 0 aromatic heterocycles. The number of rotatable bonds is 3. The average molecular weight is 128 g/mol. The fraction of sp³-hybridized carbons (Fsp3) is 1.00. The van der Waals surface area contributed by atoms with E-state index in [0.29, 0.717) is 13.2 Å². The zero-order valence-electron chi connectivity index (χ0n) is 5.81. The van der Waals surface area contributed by atoms with Gasteiger partial charge in [0.2, 0.25) is 0 Å². The van der Waals surface area contributed by atoms with Gasteiger partial charge in [-0.3, -0.25) is 0 Å². The summed E-state index contributed by atoms with van der Waals surface area (Å²) in [6, 6.07) is 0. The summed E-state index contributed by atoms with van der Waals surface area (Å²) in [7, 11) is 1.64. The molecule has 0 rings (SSSR count). The van der Waals surface area contributed by atoms with Crippen LogP contribution in [0.4, 0.5) is 0 Å². The Morgan fingerprint density at radius 3 is 2.29 bits per heavy atom. The Morgan fingerprint density at radius 1 is 1.57 bits per heavy atom. The van der Waals surface area contributed by atoms with Gasteiger partial charge in [0.15, 0.2) is 0 Å². The van der Waals surface area contributed by atoms with Gasteiger partial charge >= 0.3 is 75.0 Å². The van der Waals surface area contributed by atoms with Crippen LogP contribution in [0.5, 0.6) is 0 Å². The first-order chi connectivity index (χ1) is 2.91. The zero-order valence-corrected chi connectivity index (χ0v) is 4.96. The molecule has 38 valence electrons. The van der Waals surface area contributed by atoms with Gasteiger partial charge in [0.05, 0.1) is 0 Å². The second kappa shape index (κ2) is 10.4. The molecular formula is C3H10AlNaO2. The van der Waals surface area contributed by atoms with Crippen molar-refractivity contribution in [1.82, 2.24) is 0 Å². The van der Waals surface area contributed by atoms with Crippen LogP contribution in [-0.2, 0) is 8.53 Å². The van der Waals surface area contributed by atoms with Crippen LogP contribution < -0.4 is 0 Å². The van der Waals surface area contributed by atoms with Crippen molar-refractivity contribution in [2.75, 3.05) is 20.3 Å². The first-order valence-electron chi connectivity index (χ1n) is 1.72. The van der Waals surface area contributed by atoms with Crippen molar-refractivity contribution in [3.05, 3.63) is 0 Å². The van der Waals surface area contributed by atoms with Gasteiger partial charge in [0.25, 0.3) is 0 Å². The van der Waals surface area contributed by atoms with Gasteiger partial charge in [0.1, 0.15) is 0 Å². The van der Waals surface area contributed by atoms with E-state index in [9.17, 15) is 0 Å². The van der Waals surface area contributed by atoms with Crippen molar-refractivity contribution in [2.24, 2.45) is 0 Å². The molecule has 0 heterocycles. The van der Waals surface area contributed by atoms with E-state index >= 15 is 0 Å². The molecule has 0 unspecified atom stereocenters. The van der Waals surface area contributed by atoms with Crippen molar-refractivity contribution in [2.45, 2.75) is 0 Å². The Kier molecular flexibility index (Phi) is 16.8. The fourth-order valence-corrected chi connectivity index (χ4v) is 0.228. The molecule has 0 saturated carbocycles. The molecule has 0 radical (unpaired) electrons. The average Bonchev–Trinajstić information content (AvgIpc) is 1.61. The van der Waals surface area contributed by atoms with E-state index in [-0.39, 0.29) is 32.4 Å². The predicted octanol–water partition coefficient (Wildman–Crippen LogP) is -0.691. The van der Waals surface area contributed by atoms with E-state index in [0.717, 1.165) is 0 Å². The fourth-order valence-electron chi connectivity index (χ4n) is 0.131. The molecule has 0 amide bonds. The summed E-state index contributed by atoms with van der Waals surface area (Å²) in [6.45, 7) is 1.32. The number of methoxy groups -OCH3 is 1. The van der Waals surface area contributed by atoms with E-state index < -0.39 is 0 Å². The number of ether oxygens (including phenoxy) is 1. The van der Waals surface area contributed by atoms with E-state index in [1.54, 1.807) is 7.11 Å². The summed E-state index contributed by atoms with van der Waals surface area (Å²) in [6.07, 6.45) is 0. The van der Waals surface area contributed by atoms with E-state index in [4.69, 9.17) is 0 Å². The molecule has 2 nitrogen and oxygen atoms in total. The second-order valence-electron chi connectivity index (χ2n) is 0.864. The van der Waals surface area contributed by atoms with Crippen molar-refractivity contribution < 1.29 is 11.4 Å². The summed E-state index contributed by atoms with van der Waals surface area (Å²) in [5, 5.41) is 0. The van der Waals surface area contributed by atoms with Crippen LogP contribution in [0.2, 0.25) is 0 Å². The summed E-state index contributed by atoms with van der Waals surface area (Å²) >= 11 is 2.15. The van der Waals surface area contributed by atoms with Gasteiger partial charge in [-0.2, -0.15) is 0 Å². The van der Waals surface area contributed by atoms with Gasteiger partial charge in [0, 0.05) is 0 Å². The predicted molar refractivity (Wildman–Crippen MR) is 33.0 cm³/mol. The Morgan fingerprint density at radius 2 is 2.14 bits per heavy atom. The molecule has 0 fully saturated rings. The molecule has 0 aromatic carbocycles. The van der Waals surface area contributed by atoms with E-state index in [1.807, 2.05) is 0 Å². The third-order valence-electron chi connectivity index (χ3n) is 0.405. The van der Waals surface area contributed by atoms with Crippen LogP contribution in [0.3, 0.4) is 0 Å². The van der Waals surface area contributed by atoms with Gasteiger partial charge in [-0.1, -0.05) is 0 Å². The molecular weight excluding hydrogens is 118 g/mol. The molecule has 4 heteroatoms. The molecule has 7 heavy (non-hydrogen) atoms. The minimum atomic E-state index is 0. The zero-order chi connectivity index (χ0) is 4.83. The first-order valence-corrected chi connectivity index (χ1v) is 2.19. The van der Waals surface area contributed by atoms with Crippen LogP contribution in [0, 0.1) is 0 Å². The third kappa shape index (κ3) is 11.2. The van der Waals surface area contributed by atoms with Crippen molar-refractivity contribution in [3.8, 4) is 0 Å². The van der Waals surface area contributed by atoms with E-state index in [2.05, 4.69) is 25.1 Å². The Bertz CT molecular complexity index is 31.8. The quantitative estimate of drug-likeness (QED) is 0.370. The third-order valence-corrected chi connectivity index (χ3v) is 0.641. The van der Waals surface area contributed by atoms with Crippen molar-refractivity contribution >= 4 is 46.2 Å². The van der Waals surface area contributed by atoms with Crippen molar-refractivity contribution in [1.29, 1.82) is 0 Å². The second-order valence-corrected chi connectivity index (χ2v) is 1.20.